The predicted molar refractivity (Wildman–Crippen MR) is 73.3 cm³/mol. The lowest BCUT2D eigenvalue weighted by atomic mass is 10.1. The molecule has 0 saturated heterocycles. The van der Waals surface area contributed by atoms with Crippen molar-refractivity contribution in [3.63, 3.8) is 0 Å². The minimum Gasteiger partial charge on any atom is -0.305 e. The molecule has 1 heterocycles. The van der Waals surface area contributed by atoms with Gasteiger partial charge in [-0.1, -0.05) is 29.8 Å². The summed E-state index contributed by atoms with van der Waals surface area (Å²) in [5, 5.41) is 4.65. The Morgan fingerprint density at radius 2 is 1.94 bits per heavy atom. The van der Waals surface area contributed by atoms with E-state index in [1.54, 1.807) is 11.3 Å². The number of rotatable bonds is 4. The fourth-order valence-corrected chi connectivity index (χ4v) is 2.46. The fourth-order valence-electron chi connectivity index (χ4n) is 1.71. The summed E-state index contributed by atoms with van der Waals surface area (Å²) >= 11 is 1.75. The van der Waals surface area contributed by atoms with E-state index in [9.17, 15) is 0 Å². The van der Waals surface area contributed by atoms with Crippen LogP contribution in [0.1, 0.15) is 34.0 Å². The number of nitrogens with one attached hydrogen (secondary N) is 1. The molecule has 0 radical (unpaired) electrons. The maximum atomic E-state index is 4.26. The van der Waals surface area contributed by atoms with Crippen LogP contribution in [-0.4, -0.2) is 4.98 Å². The second-order valence-electron chi connectivity index (χ2n) is 4.36. The minimum absolute atomic E-state index is 0.373. The molecule has 1 atom stereocenters. The van der Waals surface area contributed by atoms with E-state index < -0.39 is 0 Å². The van der Waals surface area contributed by atoms with Crippen LogP contribution in [0.15, 0.2) is 30.5 Å². The van der Waals surface area contributed by atoms with Gasteiger partial charge in [-0.15, -0.1) is 11.3 Å². The Kier molecular flexibility index (Phi) is 3.92. The molecule has 0 saturated carbocycles. The molecule has 0 spiro atoms. The van der Waals surface area contributed by atoms with Crippen molar-refractivity contribution in [3.8, 4) is 0 Å². The van der Waals surface area contributed by atoms with Crippen molar-refractivity contribution in [1.29, 1.82) is 0 Å². The van der Waals surface area contributed by atoms with Crippen LogP contribution in [0, 0.1) is 13.8 Å². The van der Waals surface area contributed by atoms with Gasteiger partial charge in [0.2, 0.25) is 0 Å². The molecule has 0 bridgehead atoms. The Morgan fingerprint density at radius 1 is 1.24 bits per heavy atom. The van der Waals surface area contributed by atoms with Crippen LogP contribution in [0.25, 0.3) is 0 Å². The van der Waals surface area contributed by atoms with Gasteiger partial charge in [0.1, 0.15) is 0 Å². The standard InChI is InChI=1S/C14H18N2S/c1-10-4-6-13(7-5-10)11(2)15-8-14-9-16-12(3)17-14/h4-7,9,11,15H,8H2,1-3H3/t11-/m1/s1. The maximum Gasteiger partial charge on any atom is 0.0897 e. The smallest absolute Gasteiger partial charge is 0.0897 e. The van der Waals surface area contributed by atoms with Gasteiger partial charge in [-0.2, -0.15) is 0 Å². The van der Waals surface area contributed by atoms with Gasteiger partial charge in [0.25, 0.3) is 0 Å². The van der Waals surface area contributed by atoms with E-state index in [1.165, 1.54) is 16.0 Å². The van der Waals surface area contributed by atoms with Gasteiger partial charge in [-0.25, -0.2) is 4.98 Å². The number of aromatic nitrogens is 1. The molecule has 1 aromatic carbocycles. The lowest BCUT2D eigenvalue weighted by Crippen LogP contribution is -2.17. The fraction of sp³-hybridized carbons (Fsp3) is 0.357. The molecule has 0 amide bonds. The Morgan fingerprint density at radius 3 is 2.53 bits per heavy atom. The van der Waals surface area contributed by atoms with E-state index in [2.05, 4.69) is 48.4 Å². The largest absolute Gasteiger partial charge is 0.305 e. The van der Waals surface area contributed by atoms with Crippen LogP contribution in [-0.2, 0) is 6.54 Å². The second kappa shape index (κ2) is 5.43. The van der Waals surface area contributed by atoms with Crippen molar-refractivity contribution in [2.24, 2.45) is 0 Å². The molecule has 2 rings (SSSR count). The topological polar surface area (TPSA) is 24.9 Å². The molecular weight excluding hydrogens is 228 g/mol. The van der Waals surface area contributed by atoms with E-state index in [0.29, 0.717) is 6.04 Å². The summed E-state index contributed by atoms with van der Waals surface area (Å²) in [5.74, 6) is 0. The first-order valence-electron chi connectivity index (χ1n) is 5.86. The molecule has 0 aliphatic heterocycles. The number of benzene rings is 1. The van der Waals surface area contributed by atoms with Gasteiger partial charge in [0.15, 0.2) is 0 Å². The van der Waals surface area contributed by atoms with Crippen LogP contribution in [0.3, 0.4) is 0 Å². The summed E-state index contributed by atoms with van der Waals surface area (Å²) in [6.07, 6.45) is 1.95. The third kappa shape index (κ3) is 3.38. The second-order valence-corrected chi connectivity index (χ2v) is 5.68. The molecule has 0 fully saturated rings. The zero-order chi connectivity index (χ0) is 12.3. The lowest BCUT2D eigenvalue weighted by molar-refractivity contribution is 0.578. The van der Waals surface area contributed by atoms with E-state index in [0.717, 1.165) is 11.6 Å². The van der Waals surface area contributed by atoms with Gasteiger partial charge < -0.3 is 5.32 Å². The van der Waals surface area contributed by atoms with Crippen molar-refractivity contribution in [3.05, 3.63) is 51.5 Å². The average Bonchev–Trinajstić information content (AvgIpc) is 2.73. The average molecular weight is 246 g/mol. The first-order valence-corrected chi connectivity index (χ1v) is 6.68. The van der Waals surface area contributed by atoms with Gasteiger partial charge in [-0.3, -0.25) is 0 Å². The summed E-state index contributed by atoms with van der Waals surface area (Å²) in [6, 6.07) is 9.06. The number of aryl methyl sites for hydroxylation is 2. The minimum atomic E-state index is 0.373. The van der Waals surface area contributed by atoms with Crippen molar-refractivity contribution >= 4 is 11.3 Å². The lowest BCUT2D eigenvalue weighted by Gasteiger charge is -2.13. The maximum absolute atomic E-state index is 4.26. The highest BCUT2D eigenvalue weighted by atomic mass is 32.1. The van der Waals surface area contributed by atoms with Gasteiger partial charge in [0, 0.05) is 23.7 Å². The molecule has 1 N–H and O–H groups in total. The SMILES string of the molecule is Cc1ccc([C@@H](C)NCc2cnc(C)s2)cc1. The van der Waals surface area contributed by atoms with Crippen molar-refractivity contribution in [2.75, 3.05) is 0 Å². The summed E-state index contributed by atoms with van der Waals surface area (Å²) in [7, 11) is 0. The number of thiazole rings is 1. The Balaban J connectivity index is 1.93. The summed E-state index contributed by atoms with van der Waals surface area (Å²) in [5.41, 5.74) is 2.64. The summed E-state index contributed by atoms with van der Waals surface area (Å²) in [6.45, 7) is 7.23. The number of nitrogens with zero attached hydrogens (tertiary/aromatic N) is 1. The van der Waals surface area contributed by atoms with Crippen molar-refractivity contribution in [1.82, 2.24) is 10.3 Å². The highest BCUT2D eigenvalue weighted by molar-refractivity contribution is 7.11. The molecule has 2 aromatic rings. The van der Waals surface area contributed by atoms with Gasteiger partial charge in [-0.05, 0) is 26.3 Å². The van der Waals surface area contributed by atoms with E-state index in [-0.39, 0.29) is 0 Å². The number of hydrogen-bond acceptors (Lipinski definition) is 3. The third-order valence-electron chi connectivity index (χ3n) is 2.83. The van der Waals surface area contributed by atoms with Gasteiger partial charge >= 0.3 is 0 Å². The first kappa shape index (κ1) is 12.3. The summed E-state index contributed by atoms with van der Waals surface area (Å²) < 4.78 is 0. The highest BCUT2D eigenvalue weighted by Crippen LogP contribution is 2.16. The molecule has 0 aliphatic carbocycles. The predicted octanol–water partition coefficient (Wildman–Crippen LogP) is 3.61. The van der Waals surface area contributed by atoms with Crippen molar-refractivity contribution < 1.29 is 0 Å². The molecule has 90 valence electrons. The quantitative estimate of drug-likeness (QED) is 0.891. The molecule has 0 unspecified atom stereocenters. The van der Waals surface area contributed by atoms with Crippen LogP contribution in [0.4, 0.5) is 0 Å². The van der Waals surface area contributed by atoms with Crippen LogP contribution in [0.2, 0.25) is 0 Å². The first-order chi connectivity index (χ1) is 8.15. The summed E-state index contributed by atoms with van der Waals surface area (Å²) in [4.78, 5) is 5.55. The van der Waals surface area contributed by atoms with Crippen molar-refractivity contribution in [2.45, 2.75) is 33.4 Å². The highest BCUT2D eigenvalue weighted by Gasteiger charge is 2.05. The molecule has 2 nitrogen and oxygen atoms in total. The Hall–Kier alpha value is -1.19. The molecule has 0 aliphatic rings. The van der Waals surface area contributed by atoms with E-state index in [4.69, 9.17) is 0 Å². The van der Waals surface area contributed by atoms with Gasteiger partial charge in [0.05, 0.1) is 5.01 Å². The molecule has 17 heavy (non-hydrogen) atoms. The zero-order valence-corrected chi connectivity index (χ0v) is 11.3. The van der Waals surface area contributed by atoms with Crippen LogP contribution >= 0.6 is 11.3 Å². The molecule has 1 aromatic heterocycles. The Bertz CT molecular complexity index is 473. The van der Waals surface area contributed by atoms with Crippen LogP contribution < -0.4 is 5.32 Å². The monoisotopic (exact) mass is 246 g/mol. The Labute approximate surface area is 107 Å². The number of hydrogen-bond donors (Lipinski definition) is 1. The normalized spacial score (nSPS) is 12.6. The van der Waals surface area contributed by atoms with E-state index in [1.807, 2.05) is 13.1 Å². The zero-order valence-electron chi connectivity index (χ0n) is 10.5. The molecular formula is C14H18N2S. The third-order valence-corrected chi connectivity index (χ3v) is 3.74. The van der Waals surface area contributed by atoms with E-state index >= 15 is 0 Å². The molecule has 3 heteroatoms. The van der Waals surface area contributed by atoms with Crippen LogP contribution in [0.5, 0.6) is 0 Å².